The summed E-state index contributed by atoms with van der Waals surface area (Å²) in [6, 6.07) is 13.6. The van der Waals surface area contributed by atoms with Crippen molar-refractivity contribution in [2.24, 2.45) is 0 Å². The Morgan fingerprint density at radius 1 is 1.15 bits per heavy atom. The van der Waals surface area contributed by atoms with Gasteiger partial charge in [-0.15, -0.1) is 0 Å². The maximum atomic E-state index is 12.4. The van der Waals surface area contributed by atoms with Gasteiger partial charge in [-0.2, -0.15) is 0 Å². The number of hydrogen-bond acceptors (Lipinski definition) is 3. The first-order chi connectivity index (χ1) is 12.6. The lowest BCUT2D eigenvalue weighted by Crippen LogP contribution is -2.26. The quantitative estimate of drug-likeness (QED) is 0.702. The number of aromatic nitrogens is 2. The Morgan fingerprint density at radius 3 is 2.69 bits per heavy atom. The SMILES string of the molecule is CCN(CC)CCn1ccc2cc(NC(=O)c3cccc(C)n3)ccc21. The summed E-state index contributed by atoms with van der Waals surface area (Å²) in [5.74, 6) is -0.186. The lowest BCUT2D eigenvalue weighted by Gasteiger charge is -2.18. The first-order valence-electron chi connectivity index (χ1n) is 9.17. The van der Waals surface area contributed by atoms with Crippen molar-refractivity contribution in [1.82, 2.24) is 14.5 Å². The predicted molar refractivity (Wildman–Crippen MR) is 107 cm³/mol. The molecule has 2 aromatic heterocycles. The number of carbonyl (C=O) groups excluding carboxylic acids is 1. The summed E-state index contributed by atoms with van der Waals surface area (Å²) in [4.78, 5) is 19.1. The van der Waals surface area contributed by atoms with Crippen LogP contribution in [0.2, 0.25) is 0 Å². The second-order valence-corrected chi connectivity index (χ2v) is 6.43. The molecule has 1 amide bonds. The van der Waals surface area contributed by atoms with Crippen LogP contribution in [0.1, 0.15) is 30.0 Å². The van der Waals surface area contributed by atoms with Gasteiger partial charge in [0.2, 0.25) is 0 Å². The highest BCUT2D eigenvalue weighted by Crippen LogP contribution is 2.21. The van der Waals surface area contributed by atoms with Crippen molar-refractivity contribution in [2.75, 3.05) is 25.0 Å². The second-order valence-electron chi connectivity index (χ2n) is 6.43. The molecule has 0 saturated heterocycles. The summed E-state index contributed by atoms with van der Waals surface area (Å²) in [6.07, 6.45) is 2.11. The molecule has 0 radical (unpaired) electrons. The molecule has 5 heteroatoms. The molecule has 3 rings (SSSR count). The predicted octanol–water partition coefficient (Wildman–Crippen LogP) is 3.94. The van der Waals surface area contributed by atoms with Gasteiger partial charge >= 0.3 is 0 Å². The summed E-state index contributed by atoms with van der Waals surface area (Å²) >= 11 is 0. The number of aryl methyl sites for hydroxylation is 1. The molecule has 0 unspecified atom stereocenters. The van der Waals surface area contributed by atoms with E-state index in [0.29, 0.717) is 5.69 Å². The van der Waals surface area contributed by atoms with Gasteiger partial charge in [-0.05, 0) is 56.4 Å². The zero-order valence-corrected chi connectivity index (χ0v) is 15.7. The maximum absolute atomic E-state index is 12.4. The number of nitrogens with one attached hydrogen (secondary N) is 1. The number of benzene rings is 1. The molecule has 0 saturated carbocycles. The fraction of sp³-hybridized carbons (Fsp3) is 0.333. The standard InChI is InChI=1S/C21H26N4O/c1-4-24(5-2)13-14-25-12-11-17-15-18(9-10-20(17)25)23-21(26)19-8-6-7-16(3)22-19/h6-12,15H,4-5,13-14H2,1-3H3,(H,23,26). The van der Waals surface area contributed by atoms with E-state index in [2.05, 4.69) is 51.9 Å². The van der Waals surface area contributed by atoms with Crippen LogP contribution in [0, 0.1) is 6.92 Å². The van der Waals surface area contributed by atoms with E-state index in [1.165, 1.54) is 5.52 Å². The lowest BCUT2D eigenvalue weighted by atomic mass is 10.2. The number of likely N-dealkylation sites (N-methyl/N-ethyl adjacent to an activating group) is 1. The Labute approximate surface area is 154 Å². The Balaban J connectivity index is 1.73. The summed E-state index contributed by atoms with van der Waals surface area (Å²) in [5.41, 5.74) is 3.23. The maximum Gasteiger partial charge on any atom is 0.274 e. The molecule has 3 aromatic rings. The van der Waals surface area contributed by atoms with E-state index in [1.54, 1.807) is 6.07 Å². The van der Waals surface area contributed by atoms with E-state index in [1.807, 2.05) is 31.2 Å². The van der Waals surface area contributed by atoms with Crippen molar-refractivity contribution in [3.63, 3.8) is 0 Å². The van der Waals surface area contributed by atoms with E-state index in [0.717, 1.165) is 42.9 Å². The highest BCUT2D eigenvalue weighted by molar-refractivity contribution is 6.03. The average Bonchev–Trinajstić information content (AvgIpc) is 3.05. The van der Waals surface area contributed by atoms with E-state index < -0.39 is 0 Å². The smallest absolute Gasteiger partial charge is 0.274 e. The van der Waals surface area contributed by atoms with Gasteiger partial charge < -0.3 is 14.8 Å². The summed E-state index contributed by atoms with van der Waals surface area (Å²) in [6.45, 7) is 10.4. The fourth-order valence-corrected chi connectivity index (χ4v) is 3.13. The van der Waals surface area contributed by atoms with Crippen LogP contribution >= 0.6 is 0 Å². The molecule has 2 heterocycles. The molecular weight excluding hydrogens is 324 g/mol. The van der Waals surface area contributed by atoms with Crippen molar-refractivity contribution >= 4 is 22.5 Å². The van der Waals surface area contributed by atoms with Crippen LogP contribution in [0.15, 0.2) is 48.7 Å². The number of amides is 1. The number of fused-ring (bicyclic) bond motifs is 1. The first-order valence-corrected chi connectivity index (χ1v) is 9.17. The van der Waals surface area contributed by atoms with Crippen molar-refractivity contribution in [3.05, 3.63) is 60.0 Å². The molecule has 5 nitrogen and oxygen atoms in total. The molecule has 0 spiro atoms. The van der Waals surface area contributed by atoms with Crippen molar-refractivity contribution in [1.29, 1.82) is 0 Å². The van der Waals surface area contributed by atoms with Gasteiger partial charge in [-0.3, -0.25) is 4.79 Å². The van der Waals surface area contributed by atoms with Crippen molar-refractivity contribution in [2.45, 2.75) is 27.3 Å². The van der Waals surface area contributed by atoms with Crippen LogP contribution in [0.3, 0.4) is 0 Å². The highest BCUT2D eigenvalue weighted by atomic mass is 16.1. The van der Waals surface area contributed by atoms with Crippen LogP contribution in [-0.4, -0.2) is 40.0 Å². The molecule has 136 valence electrons. The number of hydrogen-bond donors (Lipinski definition) is 1. The molecule has 0 fully saturated rings. The zero-order valence-electron chi connectivity index (χ0n) is 15.7. The van der Waals surface area contributed by atoms with Gasteiger partial charge in [-0.1, -0.05) is 19.9 Å². The summed E-state index contributed by atoms with van der Waals surface area (Å²) in [5, 5.41) is 4.06. The minimum Gasteiger partial charge on any atom is -0.346 e. The third-order valence-corrected chi connectivity index (χ3v) is 4.70. The lowest BCUT2D eigenvalue weighted by molar-refractivity contribution is 0.102. The van der Waals surface area contributed by atoms with Crippen LogP contribution in [0.4, 0.5) is 5.69 Å². The fourth-order valence-electron chi connectivity index (χ4n) is 3.13. The molecule has 0 aliphatic heterocycles. The number of pyridine rings is 1. The van der Waals surface area contributed by atoms with Crippen LogP contribution in [0.25, 0.3) is 10.9 Å². The molecule has 0 atom stereocenters. The first kappa shape index (κ1) is 18.1. The van der Waals surface area contributed by atoms with E-state index in [9.17, 15) is 4.79 Å². The van der Waals surface area contributed by atoms with Gasteiger partial charge in [0.1, 0.15) is 5.69 Å². The minimum absolute atomic E-state index is 0.186. The van der Waals surface area contributed by atoms with Crippen LogP contribution in [0.5, 0.6) is 0 Å². The molecule has 26 heavy (non-hydrogen) atoms. The number of rotatable bonds is 7. The van der Waals surface area contributed by atoms with Gasteiger partial charge in [0.05, 0.1) is 0 Å². The topological polar surface area (TPSA) is 50.2 Å². The second kappa shape index (κ2) is 8.15. The minimum atomic E-state index is -0.186. The summed E-state index contributed by atoms with van der Waals surface area (Å²) < 4.78 is 2.27. The Hall–Kier alpha value is -2.66. The van der Waals surface area contributed by atoms with E-state index in [-0.39, 0.29) is 5.91 Å². The average molecular weight is 350 g/mol. The normalized spacial score (nSPS) is 11.2. The molecule has 0 aliphatic rings. The van der Waals surface area contributed by atoms with Gasteiger partial charge in [0.15, 0.2) is 0 Å². The number of nitrogens with zero attached hydrogens (tertiary/aromatic N) is 3. The molecule has 0 bridgehead atoms. The molecule has 0 aliphatic carbocycles. The molecule has 1 aromatic carbocycles. The van der Waals surface area contributed by atoms with Crippen molar-refractivity contribution < 1.29 is 4.79 Å². The summed E-state index contributed by atoms with van der Waals surface area (Å²) in [7, 11) is 0. The van der Waals surface area contributed by atoms with E-state index in [4.69, 9.17) is 0 Å². The van der Waals surface area contributed by atoms with Gasteiger partial charge in [0.25, 0.3) is 5.91 Å². The van der Waals surface area contributed by atoms with Crippen LogP contribution in [-0.2, 0) is 6.54 Å². The highest BCUT2D eigenvalue weighted by Gasteiger charge is 2.09. The van der Waals surface area contributed by atoms with Crippen molar-refractivity contribution in [3.8, 4) is 0 Å². The largest absolute Gasteiger partial charge is 0.346 e. The van der Waals surface area contributed by atoms with Gasteiger partial charge in [0, 0.05) is 41.6 Å². The third-order valence-electron chi connectivity index (χ3n) is 4.70. The Kier molecular flexibility index (Phi) is 5.68. The molecule has 1 N–H and O–H groups in total. The Morgan fingerprint density at radius 2 is 1.96 bits per heavy atom. The third kappa shape index (κ3) is 4.11. The monoisotopic (exact) mass is 350 g/mol. The Bertz CT molecular complexity index is 896. The number of anilines is 1. The van der Waals surface area contributed by atoms with Gasteiger partial charge in [-0.25, -0.2) is 4.98 Å². The van der Waals surface area contributed by atoms with Crippen LogP contribution < -0.4 is 5.32 Å². The molecular formula is C21H26N4O. The van der Waals surface area contributed by atoms with E-state index >= 15 is 0 Å². The zero-order chi connectivity index (χ0) is 18.5. The number of carbonyl (C=O) groups is 1.